The molecular formula is C13H22N2O3. The van der Waals surface area contributed by atoms with Crippen molar-refractivity contribution in [1.29, 1.82) is 0 Å². The lowest BCUT2D eigenvalue weighted by Gasteiger charge is -2.28. The standard InChI is InChI=1S/C13H22N2O3/c1-3-10(14-2)12(16)15-11(13(17)18)9-7-5-4-6-8-9/h3,9-11,14H,1,4-8H2,2H3,(H,15,16)(H,17,18)/t10-,11-/m0/s1. The van der Waals surface area contributed by atoms with Gasteiger partial charge in [0.2, 0.25) is 5.91 Å². The Labute approximate surface area is 108 Å². The maximum absolute atomic E-state index is 11.9. The molecule has 0 unspecified atom stereocenters. The maximum atomic E-state index is 11.9. The minimum Gasteiger partial charge on any atom is -0.480 e. The normalized spacial score (nSPS) is 19.8. The van der Waals surface area contributed by atoms with Crippen LogP contribution >= 0.6 is 0 Å². The van der Waals surface area contributed by atoms with Crippen LogP contribution < -0.4 is 10.6 Å². The molecule has 0 bridgehead atoms. The van der Waals surface area contributed by atoms with Gasteiger partial charge in [-0.2, -0.15) is 0 Å². The molecule has 0 aliphatic heterocycles. The van der Waals surface area contributed by atoms with E-state index >= 15 is 0 Å². The van der Waals surface area contributed by atoms with Gasteiger partial charge in [-0.15, -0.1) is 6.58 Å². The van der Waals surface area contributed by atoms with Gasteiger partial charge in [-0.3, -0.25) is 4.79 Å². The zero-order chi connectivity index (χ0) is 13.5. The first-order valence-corrected chi connectivity index (χ1v) is 6.43. The predicted molar refractivity (Wildman–Crippen MR) is 69.2 cm³/mol. The Morgan fingerprint density at radius 3 is 2.39 bits per heavy atom. The summed E-state index contributed by atoms with van der Waals surface area (Å²) in [5, 5.41) is 14.6. The average molecular weight is 254 g/mol. The average Bonchev–Trinajstić information content (AvgIpc) is 2.38. The molecule has 1 amide bonds. The molecule has 0 heterocycles. The molecular weight excluding hydrogens is 232 g/mol. The van der Waals surface area contributed by atoms with Crippen molar-refractivity contribution in [3.63, 3.8) is 0 Å². The third-order valence-corrected chi connectivity index (χ3v) is 3.51. The van der Waals surface area contributed by atoms with E-state index in [0.717, 1.165) is 32.1 Å². The van der Waals surface area contributed by atoms with E-state index in [1.807, 2.05) is 0 Å². The van der Waals surface area contributed by atoms with Crippen molar-refractivity contribution in [3.05, 3.63) is 12.7 Å². The van der Waals surface area contributed by atoms with E-state index in [0.29, 0.717) is 0 Å². The van der Waals surface area contributed by atoms with Gasteiger partial charge in [0.15, 0.2) is 0 Å². The Hall–Kier alpha value is -1.36. The van der Waals surface area contributed by atoms with Gasteiger partial charge in [0.05, 0.1) is 0 Å². The van der Waals surface area contributed by atoms with Crippen LogP contribution in [0.15, 0.2) is 12.7 Å². The fourth-order valence-electron chi connectivity index (χ4n) is 2.45. The molecule has 2 atom stereocenters. The third-order valence-electron chi connectivity index (χ3n) is 3.51. The number of likely N-dealkylation sites (N-methyl/N-ethyl adjacent to an activating group) is 1. The number of carboxylic acids is 1. The smallest absolute Gasteiger partial charge is 0.326 e. The lowest BCUT2D eigenvalue weighted by Crippen LogP contribution is -2.51. The molecule has 5 nitrogen and oxygen atoms in total. The van der Waals surface area contributed by atoms with Gasteiger partial charge >= 0.3 is 5.97 Å². The van der Waals surface area contributed by atoms with Crippen molar-refractivity contribution < 1.29 is 14.7 Å². The Morgan fingerprint density at radius 2 is 1.94 bits per heavy atom. The molecule has 0 aromatic heterocycles. The number of rotatable bonds is 6. The van der Waals surface area contributed by atoms with Crippen LogP contribution in [-0.2, 0) is 9.59 Å². The van der Waals surface area contributed by atoms with Gasteiger partial charge in [0.1, 0.15) is 12.1 Å². The Kier molecular flexibility index (Phi) is 5.85. The Morgan fingerprint density at radius 1 is 1.33 bits per heavy atom. The summed E-state index contributed by atoms with van der Waals surface area (Å²) >= 11 is 0. The number of carboxylic acid groups (broad SMARTS) is 1. The highest BCUT2D eigenvalue weighted by Gasteiger charge is 2.31. The lowest BCUT2D eigenvalue weighted by atomic mass is 9.84. The summed E-state index contributed by atoms with van der Waals surface area (Å²) in [6, 6.07) is -1.33. The first-order valence-electron chi connectivity index (χ1n) is 6.43. The highest BCUT2D eigenvalue weighted by molar-refractivity contribution is 5.88. The fraction of sp³-hybridized carbons (Fsp3) is 0.692. The first kappa shape index (κ1) is 14.7. The molecule has 0 spiro atoms. The molecule has 1 fully saturated rings. The fourth-order valence-corrected chi connectivity index (χ4v) is 2.45. The van der Waals surface area contributed by atoms with Gasteiger partial charge in [-0.25, -0.2) is 4.79 Å². The molecule has 0 saturated heterocycles. The monoisotopic (exact) mass is 254 g/mol. The van der Waals surface area contributed by atoms with Crippen molar-refractivity contribution in [2.75, 3.05) is 7.05 Å². The van der Waals surface area contributed by atoms with Gasteiger partial charge in [0.25, 0.3) is 0 Å². The second-order valence-electron chi connectivity index (χ2n) is 4.72. The van der Waals surface area contributed by atoms with Crippen molar-refractivity contribution in [1.82, 2.24) is 10.6 Å². The highest BCUT2D eigenvalue weighted by atomic mass is 16.4. The highest BCUT2D eigenvalue weighted by Crippen LogP contribution is 2.26. The number of carbonyl (C=O) groups excluding carboxylic acids is 1. The number of hydrogen-bond acceptors (Lipinski definition) is 3. The summed E-state index contributed by atoms with van der Waals surface area (Å²) in [6.07, 6.45) is 6.45. The number of nitrogens with one attached hydrogen (secondary N) is 2. The van der Waals surface area contributed by atoms with Crippen LogP contribution in [0.1, 0.15) is 32.1 Å². The van der Waals surface area contributed by atoms with E-state index in [1.54, 1.807) is 7.05 Å². The van der Waals surface area contributed by atoms with Gasteiger partial charge in [0, 0.05) is 0 Å². The summed E-state index contributed by atoms with van der Waals surface area (Å²) in [4.78, 5) is 23.1. The minimum absolute atomic E-state index is 0.0440. The second kappa shape index (κ2) is 7.16. The summed E-state index contributed by atoms with van der Waals surface area (Å²) in [6.45, 7) is 3.55. The summed E-state index contributed by atoms with van der Waals surface area (Å²) in [7, 11) is 1.64. The Balaban J connectivity index is 2.64. The van der Waals surface area contributed by atoms with Gasteiger partial charge < -0.3 is 15.7 Å². The van der Waals surface area contributed by atoms with E-state index in [9.17, 15) is 14.7 Å². The van der Waals surface area contributed by atoms with Gasteiger partial charge in [-0.1, -0.05) is 25.3 Å². The van der Waals surface area contributed by atoms with E-state index in [2.05, 4.69) is 17.2 Å². The lowest BCUT2D eigenvalue weighted by molar-refractivity contribution is -0.144. The molecule has 5 heteroatoms. The molecule has 1 aliphatic rings. The molecule has 0 aromatic rings. The molecule has 0 radical (unpaired) electrons. The predicted octanol–water partition coefficient (Wildman–Crippen LogP) is 0.910. The van der Waals surface area contributed by atoms with Crippen LogP contribution in [0, 0.1) is 5.92 Å². The van der Waals surface area contributed by atoms with Crippen molar-refractivity contribution >= 4 is 11.9 Å². The number of hydrogen-bond donors (Lipinski definition) is 3. The van der Waals surface area contributed by atoms with E-state index < -0.39 is 18.1 Å². The summed E-state index contributed by atoms with van der Waals surface area (Å²) < 4.78 is 0. The van der Waals surface area contributed by atoms with E-state index in [4.69, 9.17) is 0 Å². The van der Waals surface area contributed by atoms with Crippen LogP contribution in [0.2, 0.25) is 0 Å². The largest absolute Gasteiger partial charge is 0.480 e. The van der Waals surface area contributed by atoms with Crippen LogP contribution in [0.5, 0.6) is 0 Å². The molecule has 18 heavy (non-hydrogen) atoms. The zero-order valence-corrected chi connectivity index (χ0v) is 10.8. The topological polar surface area (TPSA) is 78.4 Å². The molecule has 0 aromatic carbocycles. The number of aliphatic carboxylic acids is 1. The molecule has 1 rings (SSSR count). The molecule has 1 saturated carbocycles. The maximum Gasteiger partial charge on any atom is 0.326 e. The Bertz CT molecular complexity index is 311. The first-order chi connectivity index (χ1) is 8.60. The van der Waals surface area contributed by atoms with Crippen LogP contribution in [0.4, 0.5) is 0 Å². The van der Waals surface area contributed by atoms with Crippen molar-refractivity contribution in [2.45, 2.75) is 44.2 Å². The third kappa shape index (κ3) is 3.84. The SMILES string of the molecule is C=C[C@H](NC)C(=O)N[C@H](C(=O)O)C1CCCCC1. The zero-order valence-electron chi connectivity index (χ0n) is 10.8. The summed E-state index contributed by atoms with van der Waals surface area (Å²) in [5.41, 5.74) is 0. The molecule has 102 valence electrons. The van der Waals surface area contributed by atoms with Crippen LogP contribution in [-0.4, -0.2) is 36.1 Å². The van der Waals surface area contributed by atoms with Crippen LogP contribution in [0.25, 0.3) is 0 Å². The number of amides is 1. The van der Waals surface area contributed by atoms with Gasteiger partial charge in [-0.05, 0) is 25.8 Å². The summed E-state index contributed by atoms with van der Waals surface area (Å²) in [5.74, 6) is -1.23. The van der Waals surface area contributed by atoms with Crippen molar-refractivity contribution in [2.24, 2.45) is 5.92 Å². The van der Waals surface area contributed by atoms with Crippen LogP contribution in [0.3, 0.4) is 0 Å². The van der Waals surface area contributed by atoms with Crippen molar-refractivity contribution in [3.8, 4) is 0 Å². The minimum atomic E-state index is -0.950. The molecule has 1 aliphatic carbocycles. The number of carbonyl (C=O) groups is 2. The van der Waals surface area contributed by atoms with E-state index in [1.165, 1.54) is 6.08 Å². The van der Waals surface area contributed by atoms with E-state index in [-0.39, 0.29) is 11.8 Å². The molecule has 3 N–H and O–H groups in total. The quantitative estimate of drug-likeness (QED) is 0.616. The second-order valence-corrected chi connectivity index (χ2v) is 4.72.